The van der Waals surface area contributed by atoms with Crippen LogP contribution in [0.25, 0.3) is 16.6 Å². The Bertz CT molecular complexity index is 900. The van der Waals surface area contributed by atoms with E-state index in [-0.39, 0.29) is 10.6 Å². The molecule has 0 aliphatic carbocycles. The van der Waals surface area contributed by atoms with Crippen molar-refractivity contribution in [3.8, 4) is 5.69 Å². The van der Waals surface area contributed by atoms with Crippen LogP contribution in [0.4, 0.5) is 5.69 Å². The zero-order chi connectivity index (χ0) is 14.3. The second-order valence-corrected chi connectivity index (χ2v) is 5.91. The predicted octanol–water partition coefficient (Wildman–Crippen LogP) is 1.26. The molecular formula is C13H12N4O2S. The number of hydrogen-bond acceptors (Lipinski definition) is 4. The molecule has 4 N–H and O–H groups in total. The minimum atomic E-state index is -3.82. The third kappa shape index (κ3) is 2.02. The molecule has 3 rings (SSSR count). The molecule has 2 aromatic carbocycles. The molecule has 0 aliphatic heterocycles. The van der Waals surface area contributed by atoms with Gasteiger partial charge in [-0.15, -0.1) is 0 Å². The van der Waals surface area contributed by atoms with Gasteiger partial charge in [0.25, 0.3) is 0 Å². The van der Waals surface area contributed by atoms with E-state index in [1.807, 2.05) is 24.3 Å². The second-order valence-electron chi connectivity index (χ2n) is 4.38. The summed E-state index contributed by atoms with van der Waals surface area (Å²) >= 11 is 0. The molecule has 7 heteroatoms. The number of aromatic nitrogens is 2. The number of nitrogens with zero attached hydrogens (tertiary/aromatic N) is 2. The topological polar surface area (TPSA) is 104 Å². The maximum Gasteiger partial charge on any atom is 0.240 e. The average molecular weight is 288 g/mol. The van der Waals surface area contributed by atoms with Crippen molar-refractivity contribution in [3.63, 3.8) is 0 Å². The van der Waals surface area contributed by atoms with Crippen LogP contribution in [-0.4, -0.2) is 18.2 Å². The SMILES string of the molecule is Nc1cc(-n2ncc3ccccc32)ccc1S(N)(=O)=O. The second kappa shape index (κ2) is 4.32. The van der Waals surface area contributed by atoms with Crippen LogP contribution in [0.15, 0.2) is 53.6 Å². The summed E-state index contributed by atoms with van der Waals surface area (Å²) in [6.45, 7) is 0. The Labute approximate surface area is 115 Å². The van der Waals surface area contributed by atoms with E-state index in [9.17, 15) is 8.42 Å². The maximum absolute atomic E-state index is 11.3. The zero-order valence-corrected chi connectivity index (χ0v) is 11.2. The van der Waals surface area contributed by atoms with Crippen molar-refractivity contribution < 1.29 is 8.42 Å². The molecule has 0 aliphatic rings. The predicted molar refractivity (Wildman–Crippen MR) is 76.9 cm³/mol. The molecule has 0 unspecified atom stereocenters. The summed E-state index contributed by atoms with van der Waals surface area (Å²) in [5.74, 6) is 0. The van der Waals surface area contributed by atoms with Gasteiger partial charge in [-0.1, -0.05) is 18.2 Å². The van der Waals surface area contributed by atoms with Crippen molar-refractivity contribution in [2.45, 2.75) is 4.90 Å². The first kappa shape index (κ1) is 12.6. The quantitative estimate of drug-likeness (QED) is 0.692. The number of rotatable bonds is 2. The van der Waals surface area contributed by atoms with Crippen LogP contribution in [0.2, 0.25) is 0 Å². The maximum atomic E-state index is 11.3. The molecular weight excluding hydrogens is 276 g/mol. The zero-order valence-electron chi connectivity index (χ0n) is 10.4. The van der Waals surface area contributed by atoms with Gasteiger partial charge in [0.05, 0.1) is 23.1 Å². The molecule has 1 aromatic heterocycles. The molecule has 1 heterocycles. The number of nitrogens with two attached hydrogens (primary N) is 2. The van der Waals surface area contributed by atoms with Crippen LogP contribution in [0, 0.1) is 0 Å². The normalized spacial score (nSPS) is 11.8. The summed E-state index contributed by atoms with van der Waals surface area (Å²) in [6.07, 6.45) is 1.74. The molecule has 102 valence electrons. The monoisotopic (exact) mass is 288 g/mol. The van der Waals surface area contributed by atoms with Gasteiger partial charge in [-0.2, -0.15) is 5.10 Å². The first-order chi connectivity index (χ1) is 9.47. The number of fused-ring (bicyclic) bond motifs is 1. The lowest BCUT2D eigenvalue weighted by Crippen LogP contribution is -2.14. The van der Waals surface area contributed by atoms with Crippen LogP contribution >= 0.6 is 0 Å². The number of primary sulfonamides is 1. The lowest BCUT2D eigenvalue weighted by molar-refractivity contribution is 0.598. The number of benzene rings is 2. The van der Waals surface area contributed by atoms with Crippen molar-refractivity contribution in [3.05, 3.63) is 48.7 Å². The van der Waals surface area contributed by atoms with Gasteiger partial charge in [-0.05, 0) is 24.3 Å². The summed E-state index contributed by atoms with van der Waals surface area (Å²) < 4.78 is 24.4. The fourth-order valence-corrected chi connectivity index (χ4v) is 2.75. The Hall–Kier alpha value is -2.38. The van der Waals surface area contributed by atoms with Crippen molar-refractivity contribution in [1.82, 2.24) is 9.78 Å². The van der Waals surface area contributed by atoms with Gasteiger partial charge < -0.3 is 5.73 Å². The minimum Gasteiger partial charge on any atom is -0.398 e. The highest BCUT2D eigenvalue weighted by molar-refractivity contribution is 7.89. The third-order valence-electron chi connectivity index (χ3n) is 3.02. The molecule has 20 heavy (non-hydrogen) atoms. The van der Waals surface area contributed by atoms with Gasteiger partial charge in [-0.25, -0.2) is 18.2 Å². The molecule has 0 saturated carbocycles. The van der Waals surface area contributed by atoms with Crippen molar-refractivity contribution >= 4 is 26.6 Å². The van der Waals surface area contributed by atoms with E-state index in [1.54, 1.807) is 23.0 Å². The Kier molecular flexibility index (Phi) is 2.73. The van der Waals surface area contributed by atoms with E-state index in [0.29, 0.717) is 5.69 Å². The Morgan fingerprint density at radius 1 is 1.10 bits per heavy atom. The van der Waals surface area contributed by atoms with E-state index in [1.165, 1.54) is 6.07 Å². The molecule has 0 saturated heterocycles. The molecule has 0 bridgehead atoms. The molecule has 0 fully saturated rings. The van der Waals surface area contributed by atoms with Gasteiger partial charge in [0.15, 0.2) is 0 Å². The van der Waals surface area contributed by atoms with Gasteiger partial charge in [0, 0.05) is 5.39 Å². The summed E-state index contributed by atoms with van der Waals surface area (Å²) in [4.78, 5) is -0.0855. The first-order valence-corrected chi connectivity index (χ1v) is 7.37. The van der Waals surface area contributed by atoms with Crippen LogP contribution in [-0.2, 0) is 10.0 Å². The molecule has 3 aromatic rings. The molecule has 0 atom stereocenters. The molecule has 0 radical (unpaired) electrons. The van der Waals surface area contributed by atoms with Gasteiger partial charge in [0.1, 0.15) is 4.90 Å². The van der Waals surface area contributed by atoms with E-state index < -0.39 is 10.0 Å². The number of hydrogen-bond donors (Lipinski definition) is 2. The van der Waals surface area contributed by atoms with Gasteiger partial charge in [-0.3, -0.25) is 0 Å². The Morgan fingerprint density at radius 2 is 1.85 bits per heavy atom. The van der Waals surface area contributed by atoms with E-state index >= 15 is 0 Å². The van der Waals surface area contributed by atoms with Gasteiger partial charge >= 0.3 is 0 Å². The highest BCUT2D eigenvalue weighted by Gasteiger charge is 2.13. The van der Waals surface area contributed by atoms with Crippen LogP contribution < -0.4 is 10.9 Å². The summed E-state index contributed by atoms with van der Waals surface area (Å²) in [6, 6.07) is 12.2. The first-order valence-electron chi connectivity index (χ1n) is 5.82. The van der Waals surface area contributed by atoms with Crippen LogP contribution in [0.5, 0.6) is 0 Å². The van der Waals surface area contributed by atoms with Crippen molar-refractivity contribution in [2.75, 3.05) is 5.73 Å². The fraction of sp³-hybridized carbons (Fsp3) is 0. The summed E-state index contributed by atoms with van der Waals surface area (Å²) in [7, 11) is -3.82. The minimum absolute atomic E-state index is 0.0855. The molecule has 0 amide bonds. The van der Waals surface area contributed by atoms with Gasteiger partial charge in [0.2, 0.25) is 10.0 Å². The van der Waals surface area contributed by atoms with Crippen LogP contribution in [0.3, 0.4) is 0 Å². The molecule has 0 spiro atoms. The Balaban J connectivity index is 2.19. The summed E-state index contributed by atoms with van der Waals surface area (Å²) in [5, 5.41) is 10.4. The largest absolute Gasteiger partial charge is 0.398 e. The highest BCUT2D eigenvalue weighted by atomic mass is 32.2. The lowest BCUT2D eigenvalue weighted by Gasteiger charge is -2.07. The summed E-state index contributed by atoms with van der Waals surface area (Å²) in [5.41, 5.74) is 7.45. The number of anilines is 1. The average Bonchev–Trinajstić information content (AvgIpc) is 2.80. The van der Waals surface area contributed by atoms with Crippen molar-refractivity contribution in [2.24, 2.45) is 5.14 Å². The number of para-hydroxylation sites is 1. The number of nitrogen functional groups attached to an aromatic ring is 1. The fourth-order valence-electron chi connectivity index (χ4n) is 2.10. The smallest absolute Gasteiger partial charge is 0.240 e. The standard InChI is InChI=1S/C13H12N4O2S/c14-11-7-10(5-6-13(11)20(15,18)19)17-12-4-2-1-3-9(12)8-16-17/h1-8H,14H2,(H2,15,18,19). The Morgan fingerprint density at radius 3 is 2.55 bits per heavy atom. The number of sulfonamides is 1. The van der Waals surface area contributed by atoms with Crippen molar-refractivity contribution in [1.29, 1.82) is 0 Å². The lowest BCUT2D eigenvalue weighted by atomic mass is 10.2. The highest BCUT2D eigenvalue weighted by Crippen LogP contribution is 2.23. The van der Waals surface area contributed by atoms with E-state index in [0.717, 1.165) is 10.9 Å². The van der Waals surface area contributed by atoms with Crippen LogP contribution in [0.1, 0.15) is 0 Å². The molecule has 6 nitrogen and oxygen atoms in total. The van der Waals surface area contributed by atoms with E-state index in [2.05, 4.69) is 5.10 Å². The third-order valence-corrected chi connectivity index (χ3v) is 4.01. The van der Waals surface area contributed by atoms with E-state index in [4.69, 9.17) is 10.9 Å².